The number of benzene rings is 1. The Labute approximate surface area is 130 Å². The first kappa shape index (κ1) is 14.8. The minimum atomic E-state index is -0.0771. The molecule has 2 aliphatic rings. The maximum absolute atomic E-state index is 12.6. The highest BCUT2D eigenvalue weighted by Gasteiger charge is 2.27. The molecule has 6 nitrogen and oxygen atoms in total. The van der Waals surface area contributed by atoms with Gasteiger partial charge in [-0.05, 0) is 38.2 Å². The van der Waals surface area contributed by atoms with Crippen LogP contribution < -0.4 is 10.2 Å². The molecule has 1 aromatic rings. The summed E-state index contributed by atoms with van der Waals surface area (Å²) in [6.07, 6.45) is 0. The number of hydrogen-bond acceptors (Lipinski definition) is 3. The predicted octanol–water partition coefficient (Wildman–Crippen LogP) is 0.992. The molecule has 2 fully saturated rings. The van der Waals surface area contributed by atoms with E-state index in [4.69, 9.17) is 0 Å². The zero-order valence-corrected chi connectivity index (χ0v) is 13.1. The number of nitrogens with zero attached hydrogens (tertiary/aromatic N) is 3. The van der Waals surface area contributed by atoms with Crippen LogP contribution in [0.1, 0.15) is 17.3 Å². The Hall–Kier alpha value is -2.08. The van der Waals surface area contributed by atoms with Crippen LogP contribution in [-0.2, 0) is 0 Å². The SMILES string of the molecule is C[C@H]1CN(C)CCN1C(=O)c1ccc(N2CCNC2=O)cc1. The van der Waals surface area contributed by atoms with Crippen molar-refractivity contribution in [3.63, 3.8) is 0 Å². The normalized spacial score (nSPS) is 22.8. The van der Waals surface area contributed by atoms with Gasteiger partial charge in [0.15, 0.2) is 0 Å². The highest BCUT2D eigenvalue weighted by atomic mass is 16.2. The first-order valence-corrected chi connectivity index (χ1v) is 7.71. The molecular formula is C16H22N4O2. The summed E-state index contributed by atoms with van der Waals surface area (Å²) in [7, 11) is 2.08. The third kappa shape index (κ3) is 2.78. The molecule has 0 radical (unpaired) electrons. The average Bonchev–Trinajstić information content (AvgIpc) is 2.93. The molecule has 2 heterocycles. The van der Waals surface area contributed by atoms with Crippen LogP contribution in [0, 0.1) is 0 Å². The van der Waals surface area contributed by atoms with Crippen molar-refractivity contribution in [3.8, 4) is 0 Å². The van der Waals surface area contributed by atoms with Gasteiger partial charge in [0, 0.05) is 50.0 Å². The van der Waals surface area contributed by atoms with E-state index in [0.29, 0.717) is 18.7 Å². The minimum Gasteiger partial charge on any atom is -0.336 e. The zero-order chi connectivity index (χ0) is 15.7. The summed E-state index contributed by atoms with van der Waals surface area (Å²) in [5.74, 6) is 0.0676. The third-order valence-corrected chi connectivity index (χ3v) is 4.37. The first-order chi connectivity index (χ1) is 10.6. The lowest BCUT2D eigenvalue weighted by Gasteiger charge is -2.38. The number of anilines is 1. The Kier molecular flexibility index (Phi) is 4.02. The summed E-state index contributed by atoms with van der Waals surface area (Å²) in [6.45, 7) is 5.98. The van der Waals surface area contributed by atoms with Crippen LogP contribution in [0.3, 0.4) is 0 Å². The van der Waals surface area contributed by atoms with Gasteiger partial charge in [-0.25, -0.2) is 4.79 Å². The van der Waals surface area contributed by atoms with Crippen LogP contribution in [0.5, 0.6) is 0 Å². The van der Waals surface area contributed by atoms with Crippen molar-refractivity contribution in [2.24, 2.45) is 0 Å². The van der Waals surface area contributed by atoms with Gasteiger partial charge in [0.1, 0.15) is 0 Å². The van der Waals surface area contributed by atoms with Crippen LogP contribution in [0.4, 0.5) is 10.5 Å². The summed E-state index contributed by atoms with van der Waals surface area (Å²) < 4.78 is 0. The van der Waals surface area contributed by atoms with Gasteiger partial charge in [-0.3, -0.25) is 9.69 Å². The van der Waals surface area contributed by atoms with Gasteiger partial charge in [0.2, 0.25) is 0 Å². The molecule has 1 aromatic carbocycles. The van der Waals surface area contributed by atoms with E-state index < -0.39 is 0 Å². The van der Waals surface area contributed by atoms with Crippen molar-refractivity contribution in [1.29, 1.82) is 0 Å². The molecule has 0 bridgehead atoms. The number of piperazine rings is 1. The lowest BCUT2D eigenvalue weighted by molar-refractivity contribution is 0.0533. The number of carbonyl (C=O) groups is 2. The summed E-state index contributed by atoms with van der Waals surface area (Å²) >= 11 is 0. The molecule has 0 saturated carbocycles. The van der Waals surface area contributed by atoms with E-state index in [1.165, 1.54) is 0 Å². The molecule has 3 amide bonds. The molecule has 0 aromatic heterocycles. The Bertz CT molecular complexity index is 572. The van der Waals surface area contributed by atoms with Crippen molar-refractivity contribution in [2.75, 3.05) is 44.7 Å². The van der Waals surface area contributed by atoms with Crippen LogP contribution in [0.2, 0.25) is 0 Å². The number of rotatable bonds is 2. The second-order valence-electron chi connectivity index (χ2n) is 6.04. The van der Waals surface area contributed by atoms with Crippen molar-refractivity contribution in [1.82, 2.24) is 15.1 Å². The monoisotopic (exact) mass is 302 g/mol. The zero-order valence-electron chi connectivity index (χ0n) is 13.1. The number of urea groups is 1. The van der Waals surface area contributed by atoms with Gasteiger partial charge < -0.3 is 15.1 Å². The molecule has 2 aliphatic heterocycles. The summed E-state index contributed by atoms with van der Waals surface area (Å²) in [4.78, 5) is 30.1. The van der Waals surface area contributed by atoms with Gasteiger partial charge in [0.05, 0.1) is 0 Å². The third-order valence-electron chi connectivity index (χ3n) is 4.37. The van der Waals surface area contributed by atoms with E-state index in [2.05, 4.69) is 24.2 Å². The van der Waals surface area contributed by atoms with Crippen molar-refractivity contribution in [2.45, 2.75) is 13.0 Å². The second kappa shape index (κ2) is 5.96. The minimum absolute atomic E-state index is 0.0676. The Morgan fingerprint density at radius 1 is 1.18 bits per heavy atom. The molecule has 0 aliphatic carbocycles. The highest BCUT2D eigenvalue weighted by Crippen LogP contribution is 2.19. The molecule has 6 heteroatoms. The fourth-order valence-corrected chi connectivity index (χ4v) is 3.11. The van der Waals surface area contributed by atoms with Crippen molar-refractivity contribution >= 4 is 17.6 Å². The van der Waals surface area contributed by atoms with E-state index >= 15 is 0 Å². The molecule has 2 saturated heterocycles. The Morgan fingerprint density at radius 3 is 2.50 bits per heavy atom. The largest absolute Gasteiger partial charge is 0.336 e. The number of nitrogens with one attached hydrogen (secondary N) is 1. The van der Waals surface area contributed by atoms with Crippen LogP contribution in [-0.4, -0.2) is 67.6 Å². The number of carbonyl (C=O) groups excluding carboxylic acids is 2. The van der Waals surface area contributed by atoms with Gasteiger partial charge in [-0.1, -0.05) is 0 Å². The molecular weight excluding hydrogens is 280 g/mol. The lowest BCUT2D eigenvalue weighted by Crippen LogP contribution is -2.52. The van der Waals surface area contributed by atoms with Crippen LogP contribution >= 0.6 is 0 Å². The average molecular weight is 302 g/mol. The number of hydrogen-bond donors (Lipinski definition) is 1. The van der Waals surface area contributed by atoms with Crippen molar-refractivity contribution in [3.05, 3.63) is 29.8 Å². The molecule has 1 N–H and O–H groups in total. The van der Waals surface area contributed by atoms with Gasteiger partial charge >= 0.3 is 6.03 Å². The van der Waals surface area contributed by atoms with E-state index in [0.717, 1.165) is 25.3 Å². The Balaban J connectivity index is 1.72. The maximum atomic E-state index is 12.6. The van der Waals surface area contributed by atoms with E-state index in [-0.39, 0.29) is 18.0 Å². The standard InChI is InChI=1S/C16H22N4O2/c1-12-11-18(2)9-10-19(12)15(21)13-3-5-14(6-4-13)20-8-7-17-16(20)22/h3-6,12H,7-11H2,1-2H3,(H,17,22)/t12-/m0/s1. The number of amides is 3. The fourth-order valence-electron chi connectivity index (χ4n) is 3.11. The summed E-state index contributed by atoms with van der Waals surface area (Å²) in [6, 6.07) is 7.46. The molecule has 3 rings (SSSR count). The van der Waals surface area contributed by atoms with Gasteiger partial charge in [-0.15, -0.1) is 0 Å². The van der Waals surface area contributed by atoms with E-state index in [1.807, 2.05) is 29.2 Å². The summed E-state index contributed by atoms with van der Waals surface area (Å²) in [5.41, 5.74) is 1.51. The van der Waals surface area contributed by atoms with E-state index in [1.54, 1.807) is 4.90 Å². The van der Waals surface area contributed by atoms with Gasteiger partial charge in [-0.2, -0.15) is 0 Å². The highest BCUT2D eigenvalue weighted by molar-refractivity contribution is 5.97. The van der Waals surface area contributed by atoms with Gasteiger partial charge in [0.25, 0.3) is 5.91 Å². The van der Waals surface area contributed by atoms with Crippen LogP contribution in [0.25, 0.3) is 0 Å². The molecule has 0 spiro atoms. The lowest BCUT2D eigenvalue weighted by atomic mass is 10.1. The topological polar surface area (TPSA) is 55.9 Å². The van der Waals surface area contributed by atoms with Crippen molar-refractivity contribution < 1.29 is 9.59 Å². The predicted molar refractivity (Wildman–Crippen MR) is 85.2 cm³/mol. The molecule has 0 unspecified atom stereocenters. The molecule has 118 valence electrons. The molecule has 1 atom stereocenters. The summed E-state index contributed by atoms with van der Waals surface area (Å²) in [5, 5.41) is 2.77. The Morgan fingerprint density at radius 2 is 1.91 bits per heavy atom. The quantitative estimate of drug-likeness (QED) is 0.886. The van der Waals surface area contributed by atoms with E-state index in [9.17, 15) is 9.59 Å². The molecule has 22 heavy (non-hydrogen) atoms. The number of likely N-dealkylation sites (N-methyl/N-ethyl adjacent to an activating group) is 1. The van der Waals surface area contributed by atoms with Crippen LogP contribution in [0.15, 0.2) is 24.3 Å². The smallest absolute Gasteiger partial charge is 0.321 e. The first-order valence-electron chi connectivity index (χ1n) is 7.71. The fraction of sp³-hybridized carbons (Fsp3) is 0.500. The second-order valence-corrected chi connectivity index (χ2v) is 6.04. The maximum Gasteiger partial charge on any atom is 0.321 e.